The second kappa shape index (κ2) is 9.63. The van der Waals surface area contributed by atoms with Gasteiger partial charge in [-0.05, 0) is 35.9 Å². The number of ether oxygens (including phenoxy) is 3. The van der Waals surface area contributed by atoms with Crippen LogP contribution in [0.3, 0.4) is 0 Å². The molecule has 2 aromatic carbocycles. The predicted octanol–water partition coefficient (Wildman–Crippen LogP) is 3.44. The molecular weight excluding hydrogens is 398 g/mol. The maximum Gasteiger partial charge on any atom is 0.277 e. The predicted molar refractivity (Wildman–Crippen MR) is 116 cm³/mol. The van der Waals surface area contributed by atoms with Gasteiger partial charge >= 0.3 is 0 Å². The van der Waals surface area contributed by atoms with Gasteiger partial charge in [0.05, 0.1) is 33.0 Å². The Balaban J connectivity index is 1.47. The van der Waals surface area contributed by atoms with E-state index < -0.39 is 0 Å². The molecule has 0 atom stereocenters. The molecule has 0 saturated carbocycles. The second-order valence-corrected chi connectivity index (χ2v) is 7.19. The van der Waals surface area contributed by atoms with E-state index in [0.717, 1.165) is 38.4 Å². The lowest BCUT2D eigenvalue weighted by Gasteiger charge is -2.26. The largest absolute Gasteiger partial charge is 0.497 e. The van der Waals surface area contributed by atoms with E-state index >= 15 is 0 Å². The van der Waals surface area contributed by atoms with E-state index in [1.165, 1.54) is 0 Å². The zero-order valence-corrected chi connectivity index (χ0v) is 17.6. The van der Waals surface area contributed by atoms with E-state index in [2.05, 4.69) is 15.4 Å². The first-order valence-corrected chi connectivity index (χ1v) is 10.1. The second-order valence-electron chi connectivity index (χ2n) is 7.19. The summed E-state index contributed by atoms with van der Waals surface area (Å²) in [6.07, 6.45) is 0. The average molecular weight is 423 g/mol. The maximum atomic E-state index is 12.7. The van der Waals surface area contributed by atoms with Crippen molar-refractivity contribution in [2.24, 2.45) is 0 Å². The molecule has 8 nitrogen and oxygen atoms in total. The van der Waals surface area contributed by atoms with Crippen LogP contribution in [0.15, 0.2) is 53.1 Å². The van der Waals surface area contributed by atoms with Crippen LogP contribution < -0.4 is 14.8 Å². The highest BCUT2D eigenvalue weighted by molar-refractivity contribution is 6.03. The Hall–Kier alpha value is -3.36. The summed E-state index contributed by atoms with van der Waals surface area (Å²) in [6, 6.07) is 14.7. The number of anilines is 1. The fourth-order valence-corrected chi connectivity index (χ4v) is 3.48. The van der Waals surface area contributed by atoms with E-state index in [-0.39, 0.29) is 11.6 Å². The Kier molecular flexibility index (Phi) is 6.49. The van der Waals surface area contributed by atoms with Gasteiger partial charge in [-0.25, -0.2) is 0 Å². The molecule has 0 bridgehead atoms. The molecule has 1 aliphatic heterocycles. The molecule has 1 aliphatic rings. The van der Waals surface area contributed by atoms with Crippen LogP contribution in [0.5, 0.6) is 11.5 Å². The van der Waals surface area contributed by atoms with Crippen molar-refractivity contribution >= 4 is 11.6 Å². The van der Waals surface area contributed by atoms with Crippen molar-refractivity contribution in [2.45, 2.75) is 6.54 Å². The van der Waals surface area contributed by atoms with Gasteiger partial charge in [-0.3, -0.25) is 9.69 Å². The molecule has 1 amide bonds. The lowest BCUT2D eigenvalue weighted by atomic mass is 10.1. The molecule has 31 heavy (non-hydrogen) atoms. The summed E-state index contributed by atoms with van der Waals surface area (Å²) in [5.41, 5.74) is 2.67. The molecule has 0 unspecified atom stereocenters. The zero-order chi connectivity index (χ0) is 21.6. The number of morpholine rings is 1. The Bertz CT molecular complexity index is 1040. The SMILES string of the molecule is COc1ccc(OC)c(-c2cc(C(=O)Nc3cccc(CN4CCOCC4)c3)no2)c1. The minimum atomic E-state index is -0.347. The van der Waals surface area contributed by atoms with Crippen LogP contribution in [-0.4, -0.2) is 56.5 Å². The van der Waals surface area contributed by atoms with Gasteiger partial charge in [-0.15, -0.1) is 0 Å². The standard InChI is InChI=1S/C23H25N3O5/c1-28-18-6-7-21(29-2)19(13-18)22-14-20(25-31-22)23(27)24-17-5-3-4-16(12-17)15-26-8-10-30-11-9-26/h3-7,12-14H,8-11,15H2,1-2H3,(H,24,27). The first-order valence-electron chi connectivity index (χ1n) is 10.1. The number of hydrogen-bond acceptors (Lipinski definition) is 7. The summed E-state index contributed by atoms with van der Waals surface area (Å²) in [5, 5.41) is 6.82. The fraction of sp³-hybridized carbons (Fsp3) is 0.304. The minimum Gasteiger partial charge on any atom is -0.497 e. The van der Waals surface area contributed by atoms with Gasteiger partial charge in [0.25, 0.3) is 5.91 Å². The number of nitrogens with one attached hydrogen (secondary N) is 1. The van der Waals surface area contributed by atoms with Crippen molar-refractivity contribution in [3.8, 4) is 22.8 Å². The molecule has 1 aromatic heterocycles. The van der Waals surface area contributed by atoms with E-state index in [1.54, 1.807) is 38.5 Å². The van der Waals surface area contributed by atoms with Crippen molar-refractivity contribution in [2.75, 3.05) is 45.8 Å². The van der Waals surface area contributed by atoms with Crippen LogP contribution in [0.4, 0.5) is 5.69 Å². The highest BCUT2D eigenvalue weighted by Crippen LogP contribution is 2.33. The van der Waals surface area contributed by atoms with Gasteiger partial charge in [-0.1, -0.05) is 17.3 Å². The number of nitrogens with zero attached hydrogens (tertiary/aromatic N) is 2. The number of benzene rings is 2. The quantitative estimate of drug-likeness (QED) is 0.623. The van der Waals surface area contributed by atoms with E-state index in [0.29, 0.717) is 28.5 Å². The van der Waals surface area contributed by atoms with Crippen LogP contribution in [0.25, 0.3) is 11.3 Å². The van der Waals surface area contributed by atoms with Crippen LogP contribution in [0.2, 0.25) is 0 Å². The molecule has 8 heteroatoms. The molecular formula is C23H25N3O5. The van der Waals surface area contributed by atoms with Gasteiger partial charge < -0.3 is 24.1 Å². The molecule has 0 radical (unpaired) electrons. The lowest BCUT2D eigenvalue weighted by molar-refractivity contribution is 0.0342. The molecule has 4 rings (SSSR count). The van der Waals surface area contributed by atoms with Crippen molar-refractivity contribution < 1.29 is 23.5 Å². The highest BCUT2D eigenvalue weighted by atomic mass is 16.5. The lowest BCUT2D eigenvalue weighted by Crippen LogP contribution is -2.35. The number of aromatic nitrogens is 1. The summed E-state index contributed by atoms with van der Waals surface area (Å²) in [5.74, 6) is 1.32. The number of hydrogen-bond donors (Lipinski definition) is 1. The third-order valence-corrected chi connectivity index (χ3v) is 5.11. The summed E-state index contributed by atoms with van der Waals surface area (Å²) in [6.45, 7) is 4.14. The molecule has 0 spiro atoms. The molecule has 3 aromatic rings. The van der Waals surface area contributed by atoms with Gasteiger partial charge in [0.1, 0.15) is 11.5 Å². The van der Waals surface area contributed by atoms with Crippen molar-refractivity contribution in [3.63, 3.8) is 0 Å². The topological polar surface area (TPSA) is 86.1 Å². The van der Waals surface area contributed by atoms with Crippen LogP contribution in [-0.2, 0) is 11.3 Å². The molecule has 1 saturated heterocycles. The molecule has 0 aliphatic carbocycles. The maximum absolute atomic E-state index is 12.7. The monoisotopic (exact) mass is 423 g/mol. The summed E-state index contributed by atoms with van der Waals surface area (Å²) < 4.78 is 21.5. The van der Waals surface area contributed by atoms with E-state index in [9.17, 15) is 4.79 Å². The third kappa shape index (κ3) is 5.04. The van der Waals surface area contributed by atoms with Crippen LogP contribution >= 0.6 is 0 Å². The third-order valence-electron chi connectivity index (χ3n) is 5.11. The van der Waals surface area contributed by atoms with Crippen molar-refractivity contribution in [1.29, 1.82) is 0 Å². The van der Waals surface area contributed by atoms with Crippen LogP contribution in [0.1, 0.15) is 16.1 Å². The van der Waals surface area contributed by atoms with Crippen molar-refractivity contribution in [1.82, 2.24) is 10.1 Å². The molecule has 1 N–H and O–H groups in total. The molecule has 162 valence electrons. The number of methoxy groups -OCH3 is 2. The molecule has 1 fully saturated rings. The Morgan fingerprint density at radius 3 is 2.71 bits per heavy atom. The summed E-state index contributed by atoms with van der Waals surface area (Å²) in [4.78, 5) is 15.1. The number of carbonyl (C=O) groups is 1. The Morgan fingerprint density at radius 1 is 1.10 bits per heavy atom. The van der Waals surface area contributed by atoms with Crippen molar-refractivity contribution in [3.05, 3.63) is 59.8 Å². The smallest absolute Gasteiger partial charge is 0.277 e. The van der Waals surface area contributed by atoms with E-state index in [1.807, 2.05) is 24.3 Å². The number of carbonyl (C=O) groups excluding carboxylic acids is 1. The van der Waals surface area contributed by atoms with Gasteiger partial charge in [0.15, 0.2) is 11.5 Å². The average Bonchev–Trinajstić information content (AvgIpc) is 3.30. The Morgan fingerprint density at radius 2 is 1.94 bits per heavy atom. The number of rotatable bonds is 7. The van der Waals surface area contributed by atoms with Gasteiger partial charge in [0.2, 0.25) is 0 Å². The first-order chi connectivity index (χ1) is 15.2. The Labute approximate surface area is 180 Å². The molecule has 2 heterocycles. The van der Waals surface area contributed by atoms with Gasteiger partial charge in [0, 0.05) is 31.4 Å². The summed E-state index contributed by atoms with van der Waals surface area (Å²) in [7, 11) is 3.15. The minimum absolute atomic E-state index is 0.179. The fourth-order valence-electron chi connectivity index (χ4n) is 3.48. The zero-order valence-electron chi connectivity index (χ0n) is 17.6. The normalized spacial score (nSPS) is 14.3. The first kappa shape index (κ1) is 20.9. The van der Waals surface area contributed by atoms with E-state index in [4.69, 9.17) is 18.7 Å². The van der Waals surface area contributed by atoms with Crippen LogP contribution in [0, 0.1) is 0 Å². The highest BCUT2D eigenvalue weighted by Gasteiger charge is 2.18. The summed E-state index contributed by atoms with van der Waals surface area (Å²) >= 11 is 0. The number of amides is 1. The van der Waals surface area contributed by atoms with Gasteiger partial charge in [-0.2, -0.15) is 0 Å².